The first-order valence-corrected chi connectivity index (χ1v) is 15.8. The molecule has 0 aromatic heterocycles. The number of ether oxygens (including phenoxy) is 1. The fourth-order valence-corrected chi connectivity index (χ4v) is 12.7. The van der Waals surface area contributed by atoms with Crippen LogP contribution in [0.2, 0.25) is 0 Å². The Morgan fingerprint density at radius 1 is 0.778 bits per heavy atom. The van der Waals surface area contributed by atoms with Crippen molar-refractivity contribution in [1.29, 1.82) is 0 Å². The SMILES string of the molecule is O=C(OCC1C[N+](C23CC4CC(CC(C4)C2)C3)=CN1C12CC3CC(CC(C3)C1)C2)C1CC2C=CC1C2. The molecular formula is C32H45N2O2+. The molecule has 10 aliphatic carbocycles. The summed E-state index contributed by atoms with van der Waals surface area (Å²) in [6.45, 7) is 1.70. The first kappa shape index (κ1) is 21.6. The molecule has 36 heavy (non-hydrogen) atoms. The van der Waals surface area contributed by atoms with E-state index in [1.54, 1.807) is 0 Å². The molecule has 10 bridgehead atoms. The summed E-state index contributed by atoms with van der Waals surface area (Å²) in [4.78, 5) is 16.1. The van der Waals surface area contributed by atoms with Crippen molar-refractivity contribution in [2.75, 3.05) is 13.2 Å². The summed E-state index contributed by atoms with van der Waals surface area (Å²) < 4.78 is 9.12. The number of hydrogen-bond donors (Lipinski definition) is 0. The molecule has 0 amide bonds. The van der Waals surface area contributed by atoms with Crippen LogP contribution < -0.4 is 0 Å². The summed E-state index contributed by atoms with van der Waals surface area (Å²) in [5.74, 6) is 7.05. The second kappa shape index (κ2) is 7.41. The molecule has 0 spiro atoms. The molecule has 194 valence electrons. The zero-order valence-corrected chi connectivity index (χ0v) is 22.0. The summed E-state index contributed by atoms with van der Waals surface area (Å²) in [7, 11) is 0. The first-order chi connectivity index (χ1) is 17.5. The van der Waals surface area contributed by atoms with Gasteiger partial charge in [0, 0.05) is 0 Å². The van der Waals surface area contributed by atoms with E-state index in [9.17, 15) is 4.79 Å². The van der Waals surface area contributed by atoms with Crippen molar-refractivity contribution in [1.82, 2.24) is 4.90 Å². The molecule has 9 saturated carbocycles. The van der Waals surface area contributed by atoms with Crippen molar-refractivity contribution in [3.8, 4) is 0 Å². The van der Waals surface area contributed by atoms with E-state index in [4.69, 9.17) is 4.74 Å². The average molecular weight is 490 g/mol. The van der Waals surface area contributed by atoms with Crippen LogP contribution in [-0.4, -0.2) is 52.1 Å². The van der Waals surface area contributed by atoms with Gasteiger partial charge in [0.25, 0.3) is 0 Å². The predicted molar refractivity (Wildman–Crippen MR) is 138 cm³/mol. The highest BCUT2D eigenvalue weighted by atomic mass is 16.5. The molecule has 0 aromatic carbocycles. The Morgan fingerprint density at radius 3 is 1.89 bits per heavy atom. The number of hydrogen-bond acceptors (Lipinski definition) is 3. The molecule has 0 saturated heterocycles. The summed E-state index contributed by atoms with van der Waals surface area (Å²) >= 11 is 0. The van der Waals surface area contributed by atoms with Crippen LogP contribution in [0, 0.1) is 53.3 Å². The van der Waals surface area contributed by atoms with Crippen molar-refractivity contribution >= 4 is 12.3 Å². The second-order valence-electron chi connectivity index (χ2n) is 15.6. The molecule has 4 nitrogen and oxygen atoms in total. The molecule has 4 heteroatoms. The zero-order chi connectivity index (χ0) is 23.6. The number of carbonyl (C=O) groups excluding carboxylic acids is 1. The van der Waals surface area contributed by atoms with Gasteiger partial charge in [0.05, 0.1) is 5.92 Å². The van der Waals surface area contributed by atoms with E-state index >= 15 is 0 Å². The zero-order valence-electron chi connectivity index (χ0n) is 22.0. The number of rotatable bonds is 5. The average Bonchev–Trinajstić information content (AvgIpc) is 3.57. The number of esters is 1. The second-order valence-corrected chi connectivity index (χ2v) is 15.6. The largest absolute Gasteiger partial charge is 0.461 e. The highest BCUT2D eigenvalue weighted by Crippen LogP contribution is 2.60. The summed E-state index contributed by atoms with van der Waals surface area (Å²) in [6, 6.07) is 0.354. The van der Waals surface area contributed by atoms with Crippen LogP contribution in [0.1, 0.15) is 89.9 Å². The van der Waals surface area contributed by atoms with E-state index in [-0.39, 0.29) is 11.9 Å². The van der Waals surface area contributed by atoms with Crippen LogP contribution in [0.15, 0.2) is 12.2 Å². The Bertz CT molecular complexity index is 957. The maximum atomic E-state index is 13.3. The number of fused-ring (bicyclic) bond motifs is 2. The topological polar surface area (TPSA) is 32.6 Å². The maximum Gasteiger partial charge on any atom is 0.309 e. The Labute approximate surface area is 216 Å². The van der Waals surface area contributed by atoms with E-state index in [0.717, 1.165) is 48.5 Å². The van der Waals surface area contributed by atoms with Crippen molar-refractivity contribution in [2.24, 2.45) is 53.3 Å². The van der Waals surface area contributed by atoms with Gasteiger partial charge in [-0.1, -0.05) is 12.2 Å². The number of nitrogens with zero attached hydrogens (tertiary/aromatic N) is 2. The Balaban J connectivity index is 1.01. The van der Waals surface area contributed by atoms with Gasteiger partial charge in [0.1, 0.15) is 24.2 Å². The fourth-order valence-electron chi connectivity index (χ4n) is 12.7. The van der Waals surface area contributed by atoms with Gasteiger partial charge in [-0.05, 0) is 137 Å². The van der Waals surface area contributed by atoms with Gasteiger partial charge >= 0.3 is 5.97 Å². The van der Waals surface area contributed by atoms with E-state index in [1.165, 1.54) is 83.5 Å². The minimum Gasteiger partial charge on any atom is -0.461 e. The van der Waals surface area contributed by atoms with Crippen LogP contribution >= 0.6 is 0 Å². The van der Waals surface area contributed by atoms with E-state index in [0.29, 0.717) is 35.6 Å². The molecule has 11 aliphatic rings. The lowest BCUT2D eigenvalue weighted by Crippen LogP contribution is -2.62. The van der Waals surface area contributed by atoms with E-state index in [2.05, 4.69) is 28.0 Å². The first-order valence-electron chi connectivity index (χ1n) is 15.8. The van der Waals surface area contributed by atoms with Crippen LogP contribution in [0.5, 0.6) is 0 Å². The third-order valence-corrected chi connectivity index (χ3v) is 13.2. The quantitative estimate of drug-likeness (QED) is 0.294. The summed E-state index contributed by atoms with van der Waals surface area (Å²) in [5, 5.41) is 0. The van der Waals surface area contributed by atoms with Crippen molar-refractivity contribution in [3.05, 3.63) is 12.2 Å². The van der Waals surface area contributed by atoms with E-state index < -0.39 is 0 Å². The lowest BCUT2D eigenvalue weighted by Gasteiger charge is -2.57. The highest BCUT2D eigenvalue weighted by Gasteiger charge is 2.62. The van der Waals surface area contributed by atoms with Gasteiger partial charge in [-0.2, -0.15) is 0 Å². The summed E-state index contributed by atoms with van der Waals surface area (Å²) in [6.07, 6.45) is 26.9. The standard InChI is InChI=1S/C32H45N2O2/c35-30(29-10-20-1-2-27(29)9-20)36-18-28-17-33(31-11-21-3-22(12-31)5-23(4-21)13-31)19-34(28)32-14-24-6-25(15-32)8-26(7-24)16-32/h1-2,19-29H,3-18H2/q+1. The minimum atomic E-state index is 0.102. The monoisotopic (exact) mass is 489 g/mol. The van der Waals surface area contributed by atoms with Crippen molar-refractivity contribution in [2.45, 2.75) is 107 Å². The van der Waals surface area contributed by atoms with Gasteiger partial charge in [-0.25, -0.2) is 0 Å². The Hall–Kier alpha value is -1.32. The lowest BCUT2D eigenvalue weighted by molar-refractivity contribution is -0.617. The van der Waals surface area contributed by atoms with Crippen LogP contribution in [0.4, 0.5) is 0 Å². The van der Waals surface area contributed by atoms with Crippen molar-refractivity contribution < 1.29 is 14.1 Å². The third kappa shape index (κ3) is 3.11. The van der Waals surface area contributed by atoms with Crippen molar-refractivity contribution in [3.63, 3.8) is 0 Å². The van der Waals surface area contributed by atoms with E-state index in [1.807, 2.05) is 0 Å². The maximum absolute atomic E-state index is 13.3. The molecule has 0 aromatic rings. The lowest BCUT2D eigenvalue weighted by atomic mass is 9.52. The van der Waals surface area contributed by atoms with Gasteiger partial charge in [-0.15, -0.1) is 0 Å². The van der Waals surface area contributed by atoms with Crippen LogP contribution in [0.25, 0.3) is 0 Å². The Kier molecular flexibility index (Phi) is 4.44. The summed E-state index contributed by atoms with van der Waals surface area (Å²) in [5.41, 5.74) is 0.751. The number of carbonyl (C=O) groups is 1. The Morgan fingerprint density at radius 2 is 1.36 bits per heavy atom. The molecule has 11 rings (SSSR count). The molecule has 1 aliphatic heterocycles. The fraction of sp³-hybridized carbons (Fsp3) is 0.875. The molecule has 0 radical (unpaired) electrons. The number of allylic oxidation sites excluding steroid dienone is 2. The van der Waals surface area contributed by atoms with Gasteiger partial charge in [0.2, 0.25) is 6.34 Å². The van der Waals surface area contributed by atoms with Gasteiger partial charge < -0.3 is 4.74 Å². The van der Waals surface area contributed by atoms with Crippen LogP contribution in [-0.2, 0) is 9.53 Å². The molecule has 9 fully saturated rings. The van der Waals surface area contributed by atoms with Gasteiger partial charge in [0.15, 0.2) is 6.04 Å². The minimum absolute atomic E-state index is 0.102. The molecule has 0 N–H and O–H groups in total. The normalized spacial score (nSPS) is 55.1. The van der Waals surface area contributed by atoms with Gasteiger partial charge in [-0.3, -0.25) is 14.3 Å². The third-order valence-electron chi connectivity index (χ3n) is 13.2. The molecular weight excluding hydrogens is 444 g/mol. The highest BCUT2D eigenvalue weighted by molar-refractivity contribution is 5.74. The smallest absolute Gasteiger partial charge is 0.309 e. The predicted octanol–water partition coefficient (Wildman–Crippen LogP) is 5.40. The van der Waals surface area contributed by atoms with Crippen LogP contribution in [0.3, 0.4) is 0 Å². The molecule has 1 heterocycles. The molecule has 4 atom stereocenters. The molecule has 4 unspecified atom stereocenters.